The molecule has 122 valence electrons. The quantitative estimate of drug-likeness (QED) is 0.778. The number of aliphatic hydroxyl groups excluding tert-OH is 1. The number of hydrogen-bond acceptors (Lipinski definition) is 4. The molecule has 8 heteroatoms. The number of hydrogen-bond donors (Lipinski definition) is 2. The summed E-state index contributed by atoms with van der Waals surface area (Å²) in [6, 6.07) is 5.76. The molecule has 22 heavy (non-hydrogen) atoms. The number of amides is 2. The van der Waals surface area contributed by atoms with Crippen molar-refractivity contribution in [3.05, 3.63) is 29.3 Å². The largest absolute Gasteiger partial charge is 0.395 e. The van der Waals surface area contributed by atoms with E-state index in [0.29, 0.717) is 5.02 Å². The molecule has 6 nitrogen and oxygen atoms in total. The average molecular weight is 347 g/mol. The van der Waals surface area contributed by atoms with Crippen molar-refractivity contribution in [3.63, 3.8) is 0 Å². The van der Waals surface area contributed by atoms with Crippen molar-refractivity contribution in [3.8, 4) is 0 Å². The van der Waals surface area contributed by atoms with Gasteiger partial charge in [0.05, 0.1) is 17.3 Å². The molecule has 0 aliphatic heterocycles. The molecular weight excluding hydrogens is 328 g/mol. The lowest BCUT2D eigenvalue weighted by Gasteiger charge is -2.21. The van der Waals surface area contributed by atoms with E-state index in [1.54, 1.807) is 4.90 Å². The average Bonchev–Trinajstić information content (AvgIpc) is 3.29. The number of carbonyl (C=O) groups is 1. The second-order valence-corrected chi connectivity index (χ2v) is 7.70. The van der Waals surface area contributed by atoms with E-state index >= 15 is 0 Å². The predicted octanol–water partition coefficient (Wildman–Crippen LogP) is 1.28. The Morgan fingerprint density at radius 1 is 1.32 bits per heavy atom. The number of carbonyl (C=O) groups excluding carboxylic acids is 1. The highest BCUT2D eigenvalue weighted by molar-refractivity contribution is 7.91. The molecule has 2 N–H and O–H groups in total. The van der Waals surface area contributed by atoms with E-state index in [2.05, 4.69) is 5.32 Å². The van der Waals surface area contributed by atoms with Crippen LogP contribution in [0.5, 0.6) is 0 Å². The van der Waals surface area contributed by atoms with Gasteiger partial charge in [0.2, 0.25) is 0 Å². The first-order valence-corrected chi connectivity index (χ1v) is 9.11. The summed E-state index contributed by atoms with van der Waals surface area (Å²) in [7, 11) is -3.46. The Hall–Kier alpha value is -1.31. The minimum absolute atomic E-state index is 0.0262. The van der Waals surface area contributed by atoms with Crippen LogP contribution < -0.4 is 5.32 Å². The molecule has 1 aromatic carbocycles. The van der Waals surface area contributed by atoms with Gasteiger partial charge < -0.3 is 15.3 Å². The van der Waals surface area contributed by atoms with Crippen LogP contribution in [0.1, 0.15) is 12.8 Å². The molecule has 0 spiro atoms. The number of rotatable bonds is 7. The van der Waals surface area contributed by atoms with Gasteiger partial charge in [0.25, 0.3) is 0 Å². The van der Waals surface area contributed by atoms with Gasteiger partial charge in [-0.05, 0) is 37.1 Å². The zero-order chi connectivity index (χ0) is 16.2. The van der Waals surface area contributed by atoms with E-state index in [9.17, 15) is 13.2 Å². The third-order valence-electron chi connectivity index (χ3n) is 3.41. The molecular formula is C14H19ClN2O4S. The maximum Gasteiger partial charge on any atom is 0.317 e. The van der Waals surface area contributed by atoms with E-state index in [1.165, 1.54) is 24.3 Å². The summed E-state index contributed by atoms with van der Waals surface area (Å²) in [5.41, 5.74) is 0. The molecule has 1 aromatic rings. The molecule has 1 saturated carbocycles. The summed E-state index contributed by atoms with van der Waals surface area (Å²) in [5.74, 6) is -0.183. The maximum atomic E-state index is 12.1. The third-order valence-corrected chi connectivity index (χ3v) is 5.39. The van der Waals surface area contributed by atoms with Crippen LogP contribution in [0.2, 0.25) is 5.02 Å². The fourth-order valence-corrected chi connectivity index (χ4v) is 3.38. The molecule has 0 saturated heterocycles. The molecule has 0 heterocycles. The van der Waals surface area contributed by atoms with Crippen LogP contribution in [-0.4, -0.2) is 55.9 Å². The Balaban J connectivity index is 1.86. The van der Waals surface area contributed by atoms with Gasteiger partial charge in [-0.2, -0.15) is 0 Å². The molecule has 1 aliphatic carbocycles. The second kappa shape index (κ2) is 7.30. The summed E-state index contributed by atoms with van der Waals surface area (Å²) in [6.07, 6.45) is 1.85. The van der Waals surface area contributed by atoms with E-state index in [1.807, 2.05) is 0 Å². The van der Waals surface area contributed by atoms with Gasteiger partial charge in [-0.25, -0.2) is 13.2 Å². The van der Waals surface area contributed by atoms with Gasteiger partial charge in [0.1, 0.15) is 0 Å². The van der Waals surface area contributed by atoms with E-state index < -0.39 is 9.84 Å². The van der Waals surface area contributed by atoms with Crippen LogP contribution in [0.15, 0.2) is 29.2 Å². The Morgan fingerprint density at radius 3 is 2.50 bits per heavy atom. The number of sulfone groups is 1. The minimum Gasteiger partial charge on any atom is -0.395 e. The van der Waals surface area contributed by atoms with Crippen LogP contribution in [0, 0.1) is 0 Å². The van der Waals surface area contributed by atoms with Gasteiger partial charge in [-0.3, -0.25) is 0 Å². The Labute approximate surface area is 135 Å². The first kappa shape index (κ1) is 17.1. The summed E-state index contributed by atoms with van der Waals surface area (Å²) >= 11 is 5.73. The smallest absolute Gasteiger partial charge is 0.317 e. The van der Waals surface area contributed by atoms with Crippen molar-refractivity contribution < 1.29 is 18.3 Å². The zero-order valence-electron chi connectivity index (χ0n) is 12.0. The lowest BCUT2D eigenvalue weighted by molar-refractivity contribution is 0.174. The van der Waals surface area contributed by atoms with Crippen molar-refractivity contribution in [1.82, 2.24) is 10.2 Å². The minimum atomic E-state index is -3.46. The van der Waals surface area contributed by atoms with E-state index in [-0.39, 0.29) is 42.4 Å². The predicted molar refractivity (Wildman–Crippen MR) is 83.7 cm³/mol. The van der Waals surface area contributed by atoms with Crippen molar-refractivity contribution in [1.29, 1.82) is 0 Å². The van der Waals surface area contributed by atoms with Crippen LogP contribution in [0.25, 0.3) is 0 Å². The van der Waals surface area contributed by atoms with Crippen molar-refractivity contribution in [2.75, 3.05) is 25.4 Å². The monoisotopic (exact) mass is 346 g/mol. The molecule has 0 bridgehead atoms. The molecule has 2 rings (SSSR count). The lowest BCUT2D eigenvalue weighted by atomic mass is 10.4. The topological polar surface area (TPSA) is 86.7 Å². The van der Waals surface area contributed by atoms with Crippen LogP contribution >= 0.6 is 11.6 Å². The van der Waals surface area contributed by atoms with Crippen LogP contribution in [-0.2, 0) is 9.84 Å². The van der Waals surface area contributed by atoms with Gasteiger partial charge >= 0.3 is 6.03 Å². The number of halogens is 1. The zero-order valence-corrected chi connectivity index (χ0v) is 13.6. The van der Waals surface area contributed by atoms with E-state index in [0.717, 1.165) is 12.8 Å². The van der Waals surface area contributed by atoms with E-state index in [4.69, 9.17) is 16.7 Å². The summed E-state index contributed by atoms with van der Waals surface area (Å²) in [5, 5.41) is 12.0. The number of nitrogens with zero attached hydrogens (tertiary/aromatic N) is 1. The van der Waals surface area contributed by atoms with Crippen molar-refractivity contribution in [2.45, 2.75) is 23.8 Å². The lowest BCUT2D eigenvalue weighted by Crippen LogP contribution is -2.44. The number of benzene rings is 1. The van der Waals surface area contributed by atoms with Gasteiger partial charge in [-0.1, -0.05) is 11.6 Å². The Morgan fingerprint density at radius 2 is 1.95 bits per heavy atom. The molecule has 2 amide bonds. The highest BCUT2D eigenvalue weighted by Gasteiger charge is 2.32. The molecule has 0 radical (unpaired) electrons. The first-order valence-electron chi connectivity index (χ1n) is 7.07. The number of urea groups is 1. The highest BCUT2D eigenvalue weighted by Crippen LogP contribution is 2.26. The Bertz CT molecular complexity index is 614. The summed E-state index contributed by atoms with van der Waals surface area (Å²) in [6.45, 7) is 0.186. The fourth-order valence-electron chi connectivity index (χ4n) is 2.10. The number of nitrogens with one attached hydrogen (secondary N) is 1. The second-order valence-electron chi connectivity index (χ2n) is 5.15. The number of aliphatic hydroxyl groups is 1. The maximum absolute atomic E-state index is 12.1. The Kier molecular flexibility index (Phi) is 5.66. The highest BCUT2D eigenvalue weighted by atomic mass is 35.5. The summed E-state index contributed by atoms with van der Waals surface area (Å²) < 4.78 is 24.2. The van der Waals surface area contributed by atoms with Crippen molar-refractivity contribution in [2.24, 2.45) is 0 Å². The molecule has 1 fully saturated rings. The molecule has 1 aliphatic rings. The third kappa shape index (κ3) is 4.59. The van der Waals surface area contributed by atoms with Gasteiger partial charge in [-0.15, -0.1) is 0 Å². The fraction of sp³-hybridized carbons (Fsp3) is 0.500. The molecule has 0 aromatic heterocycles. The summed E-state index contributed by atoms with van der Waals surface area (Å²) in [4.78, 5) is 13.7. The standard InChI is InChI=1S/C14H19ClN2O4S/c15-11-1-5-13(6-2-11)22(20,21)10-7-16-14(19)17(8-9-18)12-3-4-12/h1-2,5-6,12,18H,3-4,7-10H2,(H,16,19). The first-order chi connectivity index (χ1) is 10.4. The van der Waals surface area contributed by atoms with Gasteiger partial charge in [0.15, 0.2) is 9.84 Å². The van der Waals surface area contributed by atoms with Crippen LogP contribution in [0.3, 0.4) is 0 Å². The SMILES string of the molecule is O=C(NCCS(=O)(=O)c1ccc(Cl)cc1)N(CCO)C1CC1. The normalized spacial score (nSPS) is 14.6. The molecule has 0 unspecified atom stereocenters. The van der Waals surface area contributed by atoms with Crippen molar-refractivity contribution >= 4 is 27.5 Å². The van der Waals surface area contributed by atoms with Gasteiger partial charge in [0, 0.05) is 24.2 Å². The molecule has 0 atom stereocenters. The van der Waals surface area contributed by atoms with Crippen LogP contribution in [0.4, 0.5) is 4.79 Å².